The number of hydrogen-bond acceptors (Lipinski definition) is 4. The first-order valence-electron chi connectivity index (χ1n) is 9.35. The summed E-state index contributed by atoms with van der Waals surface area (Å²) in [6.45, 7) is 0.301. The number of benzene rings is 3. The van der Waals surface area contributed by atoms with Crippen molar-refractivity contribution < 1.29 is 18.7 Å². The molecule has 154 valence electrons. The molecule has 0 aromatic heterocycles. The summed E-state index contributed by atoms with van der Waals surface area (Å²) < 4.78 is 18.4. The summed E-state index contributed by atoms with van der Waals surface area (Å²) in [4.78, 5) is 25.0. The van der Waals surface area contributed by atoms with Gasteiger partial charge < -0.3 is 20.7 Å². The van der Waals surface area contributed by atoms with E-state index in [4.69, 9.17) is 4.74 Å². The highest BCUT2D eigenvalue weighted by atomic mass is 19.1. The van der Waals surface area contributed by atoms with Crippen LogP contribution in [0.2, 0.25) is 0 Å². The number of nitrogens with one attached hydrogen (secondary N) is 3. The maximum atomic E-state index is 13.3. The van der Waals surface area contributed by atoms with Crippen molar-refractivity contribution in [3.05, 3.63) is 89.7 Å². The molecule has 0 heterocycles. The lowest BCUT2D eigenvalue weighted by Gasteiger charge is -2.13. The molecule has 3 rings (SSSR count). The van der Waals surface area contributed by atoms with Crippen molar-refractivity contribution in [3.8, 4) is 5.75 Å². The summed E-state index contributed by atoms with van der Waals surface area (Å²) in [6.07, 6.45) is 0. The van der Waals surface area contributed by atoms with Crippen molar-refractivity contribution in [2.24, 2.45) is 0 Å². The van der Waals surface area contributed by atoms with Gasteiger partial charge in [0, 0.05) is 12.6 Å². The number of halogens is 1. The van der Waals surface area contributed by atoms with E-state index in [1.807, 2.05) is 30.3 Å². The molecule has 0 aliphatic rings. The van der Waals surface area contributed by atoms with Gasteiger partial charge in [0.1, 0.15) is 11.6 Å². The molecule has 0 spiro atoms. The zero-order chi connectivity index (χ0) is 21.3. The molecule has 0 atom stereocenters. The number of anilines is 2. The number of rotatable bonds is 8. The summed E-state index contributed by atoms with van der Waals surface area (Å²) >= 11 is 0. The Morgan fingerprint density at radius 2 is 1.67 bits per heavy atom. The van der Waals surface area contributed by atoms with Gasteiger partial charge in [-0.15, -0.1) is 0 Å². The first-order valence-corrected chi connectivity index (χ1v) is 9.35. The van der Waals surface area contributed by atoms with Gasteiger partial charge >= 0.3 is 0 Å². The fourth-order valence-corrected chi connectivity index (χ4v) is 2.84. The van der Waals surface area contributed by atoms with Crippen LogP contribution in [0.5, 0.6) is 5.75 Å². The van der Waals surface area contributed by atoms with E-state index in [-0.39, 0.29) is 18.4 Å². The number of ether oxygens (including phenoxy) is 1. The van der Waals surface area contributed by atoms with Crippen molar-refractivity contribution in [1.29, 1.82) is 0 Å². The first kappa shape index (κ1) is 20.9. The average molecular weight is 407 g/mol. The third kappa shape index (κ3) is 5.57. The second kappa shape index (κ2) is 10.1. The van der Waals surface area contributed by atoms with Gasteiger partial charge in [-0.05, 0) is 29.8 Å². The molecule has 7 heteroatoms. The highest BCUT2D eigenvalue weighted by Gasteiger charge is 2.13. The van der Waals surface area contributed by atoms with Crippen LogP contribution in [-0.4, -0.2) is 25.5 Å². The first-order chi connectivity index (χ1) is 14.6. The number of hydrogen-bond donors (Lipinski definition) is 3. The van der Waals surface area contributed by atoms with Gasteiger partial charge in [-0.1, -0.05) is 42.5 Å². The van der Waals surface area contributed by atoms with E-state index in [1.54, 1.807) is 24.3 Å². The molecule has 0 aliphatic heterocycles. The monoisotopic (exact) mass is 407 g/mol. The van der Waals surface area contributed by atoms with Crippen LogP contribution in [0.1, 0.15) is 15.9 Å². The van der Waals surface area contributed by atoms with Crippen molar-refractivity contribution in [3.63, 3.8) is 0 Å². The van der Waals surface area contributed by atoms with Crippen LogP contribution in [0.15, 0.2) is 72.8 Å². The van der Waals surface area contributed by atoms with E-state index in [9.17, 15) is 14.0 Å². The Hall–Kier alpha value is -3.87. The largest absolute Gasteiger partial charge is 0.494 e. The number of methoxy groups -OCH3 is 1. The third-order valence-corrected chi connectivity index (χ3v) is 4.34. The van der Waals surface area contributed by atoms with E-state index in [0.717, 1.165) is 5.56 Å². The number of amides is 2. The molecule has 0 saturated heterocycles. The van der Waals surface area contributed by atoms with Crippen LogP contribution in [0.4, 0.5) is 15.8 Å². The van der Waals surface area contributed by atoms with Gasteiger partial charge in [0.05, 0.1) is 30.6 Å². The standard InChI is InChI=1S/C23H22FN3O3/c1-30-21-13-17(24)11-12-20(21)25-15-22(28)27-19-10-6-5-9-18(19)23(29)26-14-16-7-3-2-4-8-16/h2-13,25H,14-15H2,1H3,(H,26,29)(H,27,28). The molecule has 2 amide bonds. The van der Waals surface area contributed by atoms with Gasteiger partial charge in [0.25, 0.3) is 5.91 Å². The molecule has 0 unspecified atom stereocenters. The predicted molar refractivity (Wildman–Crippen MR) is 114 cm³/mol. The second-order valence-electron chi connectivity index (χ2n) is 6.46. The van der Waals surface area contributed by atoms with Crippen molar-refractivity contribution in [2.45, 2.75) is 6.54 Å². The van der Waals surface area contributed by atoms with Gasteiger partial charge in [-0.3, -0.25) is 9.59 Å². The van der Waals surface area contributed by atoms with Crippen LogP contribution in [-0.2, 0) is 11.3 Å². The fraction of sp³-hybridized carbons (Fsp3) is 0.130. The summed E-state index contributed by atoms with van der Waals surface area (Å²) in [6, 6.07) is 20.3. The summed E-state index contributed by atoms with van der Waals surface area (Å²) in [7, 11) is 1.42. The molecular weight excluding hydrogens is 385 g/mol. The highest BCUT2D eigenvalue weighted by molar-refractivity contribution is 6.04. The Morgan fingerprint density at radius 3 is 2.43 bits per heavy atom. The van der Waals surface area contributed by atoms with Crippen molar-refractivity contribution in [2.75, 3.05) is 24.3 Å². The minimum absolute atomic E-state index is 0.0814. The molecule has 0 radical (unpaired) electrons. The number of carbonyl (C=O) groups is 2. The van der Waals surface area contributed by atoms with Crippen LogP contribution in [0.3, 0.4) is 0 Å². The van der Waals surface area contributed by atoms with E-state index in [2.05, 4.69) is 16.0 Å². The van der Waals surface area contributed by atoms with Crippen LogP contribution in [0.25, 0.3) is 0 Å². The highest BCUT2D eigenvalue weighted by Crippen LogP contribution is 2.24. The van der Waals surface area contributed by atoms with E-state index < -0.39 is 5.82 Å². The summed E-state index contributed by atoms with van der Waals surface area (Å²) in [5, 5.41) is 8.48. The van der Waals surface area contributed by atoms with E-state index in [0.29, 0.717) is 29.2 Å². The number of para-hydroxylation sites is 1. The minimum atomic E-state index is -0.433. The fourth-order valence-electron chi connectivity index (χ4n) is 2.84. The predicted octanol–water partition coefficient (Wildman–Crippen LogP) is 3.81. The Morgan fingerprint density at radius 1 is 0.933 bits per heavy atom. The van der Waals surface area contributed by atoms with Crippen molar-refractivity contribution in [1.82, 2.24) is 5.32 Å². The molecule has 0 saturated carbocycles. The lowest BCUT2D eigenvalue weighted by molar-refractivity contribution is -0.114. The molecule has 30 heavy (non-hydrogen) atoms. The maximum absolute atomic E-state index is 13.3. The lowest BCUT2D eigenvalue weighted by Crippen LogP contribution is -2.26. The molecule has 3 aromatic rings. The molecule has 3 N–H and O–H groups in total. The van der Waals surface area contributed by atoms with Gasteiger partial charge in [-0.2, -0.15) is 0 Å². The van der Waals surface area contributed by atoms with E-state index >= 15 is 0 Å². The SMILES string of the molecule is COc1cc(F)ccc1NCC(=O)Nc1ccccc1C(=O)NCc1ccccc1. The van der Waals surface area contributed by atoms with Crippen LogP contribution in [0, 0.1) is 5.82 Å². The maximum Gasteiger partial charge on any atom is 0.253 e. The minimum Gasteiger partial charge on any atom is -0.494 e. The molecule has 6 nitrogen and oxygen atoms in total. The smallest absolute Gasteiger partial charge is 0.253 e. The normalized spacial score (nSPS) is 10.2. The molecule has 0 aliphatic carbocycles. The average Bonchev–Trinajstić information content (AvgIpc) is 2.77. The zero-order valence-corrected chi connectivity index (χ0v) is 16.4. The van der Waals surface area contributed by atoms with Crippen LogP contribution < -0.4 is 20.7 Å². The van der Waals surface area contributed by atoms with Gasteiger partial charge in [0.15, 0.2) is 0 Å². The Balaban J connectivity index is 1.61. The molecule has 0 fully saturated rings. The number of carbonyl (C=O) groups excluding carboxylic acids is 2. The Kier molecular flexibility index (Phi) is 7.00. The zero-order valence-electron chi connectivity index (χ0n) is 16.4. The summed E-state index contributed by atoms with van der Waals surface area (Å²) in [5.74, 6) is -0.784. The Labute approximate surface area is 174 Å². The second-order valence-corrected chi connectivity index (χ2v) is 6.46. The van der Waals surface area contributed by atoms with Gasteiger partial charge in [-0.25, -0.2) is 4.39 Å². The topological polar surface area (TPSA) is 79.5 Å². The van der Waals surface area contributed by atoms with Crippen LogP contribution >= 0.6 is 0 Å². The lowest BCUT2D eigenvalue weighted by atomic mass is 10.1. The van der Waals surface area contributed by atoms with E-state index in [1.165, 1.54) is 25.3 Å². The quantitative estimate of drug-likeness (QED) is 0.531. The summed E-state index contributed by atoms with van der Waals surface area (Å²) in [5.41, 5.74) is 2.23. The molecular formula is C23H22FN3O3. The Bertz CT molecular complexity index is 1030. The molecule has 3 aromatic carbocycles. The van der Waals surface area contributed by atoms with Gasteiger partial charge in [0.2, 0.25) is 5.91 Å². The third-order valence-electron chi connectivity index (χ3n) is 4.34. The molecule has 0 bridgehead atoms. The van der Waals surface area contributed by atoms with Crippen molar-refractivity contribution >= 4 is 23.2 Å².